The van der Waals surface area contributed by atoms with Crippen molar-refractivity contribution in [3.05, 3.63) is 30.1 Å². The number of para-hydroxylation sites is 2. The molecular weight excluding hydrogens is 364 g/mol. The average Bonchev–Trinajstić information content (AvgIpc) is 2.89. The maximum absolute atomic E-state index is 12.5. The highest BCUT2D eigenvalue weighted by atomic mass is 32.2. The first-order valence-electron chi connectivity index (χ1n) is 9.41. The van der Waals surface area contributed by atoms with Crippen molar-refractivity contribution in [2.45, 2.75) is 36.9 Å². The number of hydrogen-bond donors (Lipinski definition) is 0. The molecule has 1 atom stereocenters. The Balaban J connectivity index is 1.38. The second-order valence-electron chi connectivity index (χ2n) is 6.85. The number of hydrogen-bond acceptors (Lipinski definition) is 6. The molecule has 1 amide bonds. The number of amides is 1. The number of carbonyl (C=O) groups is 1. The van der Waals surface area contributed by atoms with Gasteiger partial charge in [0.05, 0.1) is 5.75 Å². The smallest absolute Gasteiger partial charge is 0.233 e. The minimum atomic E-state index is -0.312. The number of nitrogens with zero attached hydrogens (tertiary/aromatic N) is 4. The Morgan fingerprint density at radius 1 is 1.15 bits per heavy atom. The molecule has 1 aromatic carbocycles. The van der Waals surface area contributed by atoms with Crippen LogP contribution >= 0.6 is 11.8 Å². The zero-order chi connectivity index (χ0) is 18.6. The van der Waals surface area contributed by atoms with Gasteiger partial charge in [-0.1, -0.05) is 36.7 Å². The molecule has 0 bridgehead atoms. The second kappa shape index (κ2) is 8.21. The van der Waals surface area contributed by atoms with Crippen LogP contribution in [0.15, 0.2) is 29.4 Å². The molecule has 0 radical (unpaired) electrons. The molecule has 0 saturated carbocycles. The zero-order valence-corrected chi connectivity index (χ0v) is 16.3. The normalized spacial score (nSPS) is 19.6. The van der Waals surface area contributed by atoms with Crippen LogP contribution in [0.2, 0.25) is 0 Å². The summed E-state index contributed by atoms with van der Waals surface area (Å²) in [6.45, 7) is 2.13. The van der Waals surface area contributed by atoms with E-state index in [1.165, 1.54) is 24.6 Å². The third-order valence-corrected chi connectivity index (χ3v) is 5.95. The first-order chi connectivity index (χ1) is 13.2. The molecule has 27 heavy (non-hydrogen) atoms. The predicted octanol–water partition coefficient (Wildman–Crippen LogP) is 2.82. The number of ether oxygens (including phenoxy) is 2. The van der Waals surface area contributed by atoms with Crippen molar-refractivity contribution in [1.82, 2.24) is 19.7 Å². The molecule has 8 heteroatoms. The molecule has 2 aliphatic rings. The van der Waals surface area contributed by atoms with E-state index in [0.717, 1.165) is 36.8 Å². The first-order valence-corrected chi connectivity index (χ1v) is 10.4. The molecule has 0 N–H and O–H groups in total. The van der Waals surface area contributed by atoms with Gasteiger partial charge in [0.2, 0.25) is 5.91 Å². The van der Waals surface area contributed by atoms with Crippen molar-refractivity contribution in [3.8, 4) is 11.5 Å². The van der Waals surface area contributed by atoms with Crippen LogP contribution < -0.4 is 9.47 Å². The van der Waals surface area contributed by atoms with Crippen LogP contribution in [-0.2, 0) is 11.8 Å². The number of aromatic nitrogens is 3. The van der Waals surface area contributed by atoms with Gasteiger partial charge in [-0.25, -0.2) is 0 Å². The maximum atomic E-state index is 12.5. The van der Waals surface area contributed by atoms with Crippen molar-refractivity contribution in [1.29, 1.82) is 0 Å². The topological polar surface area (TPSA) is 69.5 Å². The van der Waals surface area contributed by atoms with Crippen LogP contribution in [0.25, 0.3) is 0 Å². The lowest BCUT2D eigenvalue weighted by Crippen LogP contribution is -2.33. The van der Waals surface area contributed by atoms with Crippen LogP contribution in [0.4, 0.5) is 0 Å². The van der Waals surface area contributed by atoms with Gasteiger partial charge in [0.15, 0.2) is 28.6 Å². The monoisotopic (exact) mass is 388 g/mol. The number of carbonyl (C=O) groups excluding carboxylic acids is 1. The molecule has 1 unspecified atom stereocenters. The van der Waals surface area contributed by atoms with Crippen molar-refractivity contribution >= 4 is 17.7 Å². The lowest BCUT2D eigenvalue weighted by Gasteiger charge is -2.25. The van der Waals surface area contributed by atoms with Gasteiger partial charge in [-0.2, -0.15) is 0 Å². The molecule has 4 rings (SSSR count). The van der Waals surface area contributed by atoms with E-state index in [-0.39, 0.29) is 12.0 Å². The number of fused-ring (bicyclic) bond motifs is 1. The lowest BCUT2D eigenvalue weighted by atomic mass is 10.2. The van der Waals surface area contributed by atoms with Gasteiger partial charge in [-0.3, -0.25) is 4.79 Å². The van der Waals surface area contributed by atoms with Crippen LogP contribution in [0.3, 0.4) is 0 Å². The molecule has 2 aliphatic heterocycles. The Hall–Kier alpha value is -2.22. The van der Waals surface area contributed by atoms with Gasteiger partial charge >= 0.3 is 0 Å². The molecular formula is C19H24N4O3S. The van der Waals surface area contributed by atoms with Crippen LogP contribution in [0, 0.1) is 0 Å². The van der Waals surface area contributed by atoms with Gasteiger partial charge in [0.25, 0.3) is 0 Å². The minimum absolute atomic E-state index is 0.178. The fourth-order valence-electron chi connectivity index (χ4n) is 3.42. The predicted molar refractivity (Wildman–Crippen MR) is 102 cm³/mol. The molecule has 7 nitrogen and oxygen atoms in total. The molecule has 1 saturated heterocycles. The van der Waals surface area contributed by atoms with Crippen molar-refractivity contribution in [2.24, 2.45) is 7.05 Å². The number of thioether (sulfide) groups is 1. The van der Waals surface area contributed by atoms with Gasteiger partial charge in [-0.05, 0) is 25.0 Å². The third-order valence-electron chi connectivity index (χ3n) is 4.95. The summed E-state index contributed by atoms with van der Waals surface area (Å²) in [6, 6.07) is 7.60. The van der Waals surface area contributed by atoms with Crippen LogP contribution in [0.5, 0.6) is 11.5 Å². The summed E-state index contributed by atoms with van der Waals surface area (Å²) >= 11 is 1.43. The summed E-state index contributed by atoms with van der Waals surface area (Å²) in [5, 5.41) is 9.25. The summed E-state index contributed by atoms with van der Waals surface area (Å²) < 4.78 is 13.7. The Labute approximate surface area is 163 Å². The van der Waals surface area contributed by atoms with E-state index in [1.54, 1.807) is 0 Å². The Morgan fingerprint density at radius 3 is 2.67 bits per heavy atom. The van der Waals surface area contributed by atoms with E-state index in [2.05, 4.69) is 10.2 Å². The molecule has 1 aromatic heterocycles. The molecule has 3 heterocycles. The van der Waals surface area contributed by atoms with Gasteiger partial charge in [0, 0.05) is 20.1 Å². The molecule has 144 valence electrons. The van der Waals surface area contributed by atoms with Crippen LogP contribution in [0.1, 0.15) is 37.6 Å². The minimum Gasteiger partial charge on any atom is -0.485 e. The molecule has 0 spiro atoms. The maximum Gasteiger partial charge on any atom is 0.233 e. The van der Waals surface area contributed by atoms with Gasteiger partial charge in [0.1, 0.15) is 6.61 Å². The summed E-state index contributed by atoms with van der Waals surface area (Å²) in [4.78, 5) is 14.5. The zero-order valence-electron chi connectivity index (χ0n) is 15.5. The van der Waals surface area contributed by atoms with Crippen LogP contribution in [-0.4, -0.2) is 51.0 Å². The highest BCUT2D eigenvalue weighted by molar-refractivity contribution is 7.99. The summed E-state index contributed by atoms with van der Waals surface area (Å²) in [6.07, 6.45) is 4.33. The van der Waals surface area contributed by atoms with E-state index in [4.69, 9.17) is 9.47 Å². The summed E-state index contributed by atoms with van der Waals surface area (Å²) in [5.41, 5.74) is 0. The molecule has 0 aliphatic carbocycles. The van der Waals surface area contributed by atoms with E-state index in [1.807, 2.05) is 40.8 Å². The van der Waals surface area contributed by atoms with E-state index in [0.29, 0.717) is 23.9 Å². The SMILES string of the molecule is Cn1c(SCC(=O)N2CCCCCC2)nnc1C1COc2ccccc2O1. The van der Waals surface area contributed by atoms with Gasteiger partial charge in [-0.15, -0.1) is 10.2 Å². The number of benzene rings is 1. The fraction of sp³-hybridized carbons (Fsp3) is 0.526. The summed E-state index contributed by atoms with van der Waals surface area (Å²) in [7, 11) is 1.90. The Morgan fingerprint density at radius 2 is 1.89 bits per heavy atom. The largest absolute Gasteiger partial charge is 0.485 e. The second-order valence-corrected chi connectivity index (χ2v) is 7.79. The standard InChI is InChI=1S/C19H24N4O3S/c1-22-18(16-12-25-14-8-4-5-9-15(14)26-16)20-21-19(22)27-13-17(24)23-10-6-2-3-7-11-23/h4-5,8-9,16H,2-3,6-7,10-13H2,1H3. The Kier molecular flexibility index (Phi) is 5.52. The van der Waals surface area contributed by atoms with Crippen molar-refractivity contribution < 1.29 is 14.3 Å². The average molecular weight is 388 g/mol. The lowest BCUT2D eigenvalue weighted by molar-refractivity contribution is -0.128. The van der Waals surface area contributed by atoms with E-state index >= 15 is 0 Å². The molecule has 2 aromatic rings. The number of likely N-dealkylation sites (tertiary alicyclic amines) is 1. The highest BCUT2D eigenvalue weighted by Gasteiger charge is 2.27. The first kappa shape index (κ1) is 18.2. The van der Waals surface area contributed by atoms with E-state index in [9.17, 15) is 4.79 Å². The van der Waals surface area contributed by atoms with Crippen molar-refractivity contribution in [2.75, 3.05) is 25.4 Å². The van der Waals surface area contributed by atoms with Gasteiger partial charge < -0.3 is 18.9 Å². The van der Waals surface area contributed by atoms with Crippen molar-refractivity contribution in [3.63, 3.8) is 0 Å². The third kappa shape index (κ3) is 4.05. The highest BCUT2D eigenvalue weighted by Crippen LogP contribution is 2.35. The molecule has 1 fully saturated rings. The number of rotatable bonds is 4. The quantitative estimate of drug-likeness (QED) is 0.750. The summed E-state index contributed by atoms with van der Waals surface area (Å²) in [5.74, 6) is 2.72. The fourth-order valence-corrected chi connectivity index (χ4v) is 4.24. The van der Waals surface area contributed by atoms with E-state index < -0.39 is 0 Å². The Bertz CT molecular complexity index is 802.